The van der Waals surface area contributed by atoms with Crippen LogP contribution in [0.2, 0.25) is 0 Å². The lowest BCUT2D eigenvalue weighted by Gasteiger charge is -2.11. The van der Waals surface area contributed by atoms with Gasteiger partial charge in [0.2, 0.25) is 5.91 Å². The molecule has 0 atom stereocenters. The Morgan fingerprint density at radius 1 is 1.39 bits per heavy atom. The Hall–Kier alpha value is -1.36. The van der Waals surface area contributed by atoms with Gasteiger partial charge in [0.15, 0.2) is 0 Å². The molecule has 5 nitrogen and oxygen atoms in total. The smallest absolute Gasteiger partial charge is 0.233 e. The van der Waals surface area contributed by atoms with Crippen LogP contribution in [0, 0.1) is 0 Å². The molecule has 0 saturated heterocycles. The van der Waals surface area contributed by atoms with Crippen LogP contribution < -0.4 is 10.6 Å². The van der Waals surface area contributed by atoms with E-state index in [9.17, 15) is 4.79 Å². The molecular formula is C13H22N4O. The van der Waals surface area contributed by atoms with E-state index in [1.54, 1.807) is 12.5 Å². The summed E-state index contributed by atoms with van der Waals surface area (Å²) in [7, 11) is 0. The van der Waals surface area contributed by atoms with Crippen LogP contribution in [0.4, 0.5) is 0 Å². The quantitative estimate of drug-likeness (QED) is 0.708. The number of carbonyl (C=O) groups excluding carboxylic acids is 1. The first-order valence-corrected chi connectivity index (χ1v) is 6.80. The second kappa shape index (κ2) is 7.16. The minimum atomic E-state index is 0.104. The largest absolute Gasteiger partial charge is 0.355 e. The molecule has 1 aliphatic carbocycles. The first kappa shape index (κ1) is 13.1. The fraction of sp³-hybridized carbons (Fsp3) is 0.692. The van der Waals surface area contributed by atoms with Crippen molar-refractivity contribution in [2.75, 3.05) is 13.1 Å². The monoisotopic (exact) mass is 250 g/mol. The lowest BCUT2D eigenvalue weighted by molar-refractivity contribution is -0.120. The normalized spacial score (nSPS) is 16.0. The van der Waals surface area contributed by atoms with E-state index in [4.69, 9.17) is 0 Å². The Balaban J connectivity index is 1.49. The third-order valence-corrected chi connectivity index (χ3v) is 3.38. The summed E-state index contributed by atoms with van der Waals surface area (Å²) in [5.41, 5.74) is 0. The molecule has 0 aliphatic heterocycles. The summed E-state index contributed by atoms with van der Waals surface area (Å²) in [5, 5.41) is 6.24. The first-order valence-electron chi connectivity index (χ1n) is 6.80. The van der Waals surface area contributed by atoms with Crippen LogP contribution in [-0.4, -0.2) is 34.6 Å². The second-order valence-electron chi connectivity index (χ2n) is 4.87. The molecule has 100 valence electrons. The van der Waals surface area contributed by atoms with Crippen molar-refractivity contribution in [1.29, 1.82) is 0 Å². The predicted octanol–water partition coefficient (Wildman–Crippen LogP) is 0.922. The number of nitrogens with zero attached hydrogens (tertiary/aromatic N) is 2. The number of imidazole rings is 1. The number of amides is 1. The Bertz CT molecular complexity index is 344. The summed E-state index contributed by atoms with van der Waals surface area (Å²) in [6.07, 6.45) is 11.5. The maximum absolute atomic E-state index is 11.6. The van der Waals surface area contributed by atoms with Crippen LogP contribution in [-0.2, 0) is 11.3 Å². The fourth-order valence-corrected chi connectivity index (χ4v) is 2.34. The molecule has 1 aromatic rings. The van der Waals surface area contributed by atoms with Gasteiger partial charge < -0.3 is 15.2 Å². The van der Waals surface area contributed by atoms with Gasteiger partial charge in [0.05, 0.1) is 12.9 Å². The average Bonchev–Trinajstić information content (AvgIpc) is 3.04. The Morgan fingerprint density at radius 3 is 2.94 bits per heavy atom. The molecule has 0 bridgehead atoms. The molecule has 0 aromatic carbocycles. The van der Waals surface area contributed by atoms with E-state index >= 15 is 0 Å². The third-order valence-electron chi connectivity index (χ3n) is 3.38. The summed E-state index contributed by atoms with van der Waals surface area (Å²) < 4.78 is 2.02. The van der Waals surface area contributed by atoms with Crippen LogP contribution in [0.5, 0.6) is 0 Å². The van der Waals surface area contributed by atoms with E-state index in [-0.39, 0.29) is 5.91 Å². The van der Waals surface area contributed by atoms with Gasteiger partial charge >= 0.3 is 0 Å². The SMILES string of the molecule is O=C(CNC1CCCC1)NCCCn1ccnc1. The summed E-state index contributed by atoms with van der Waals surface area (Å²) in [6.45, 7) is 2.08. The molecule has 1 saturated carbocycles. The fourth-order valence-electron chi connectivity index (χ4n) is 2.34. The first-order chi connectivity index (χ1) is 8.84. The number of rotatable bonds is 7. The van der Waals surface area contributed by atoms with Crippen molar-refractivity contribution in [3.63, 3.8) is 0 Å². The van der Waals surface area contributed by atoms with Crippen molar-refractivity contribution in [1.82, 2.24) is 20.2 Å². The van der Waals surface area contributed by atoms with Gasteiger partial charge in [0, 0.05) is 31.5 Å². The Kier molecular flexibility index (Phi) is 5.20. The Morgan fingerprint density at radius 2 is 2.22 bits per heavy atom. The molecule has 1 amide bonds. The van der Waals surface area contributed by atoms with Crippen molar-refractivity contribution >= 4 is 5.91 Å². The van der Waals surface area contributed by atoms with Gasteiger partial charge in [-0.15, -0.1) is 0 Å². The molecule has 0 unspecified atom stereocenters. The summed E-state index contributed by atoms with van der Waals surface area (Å²) in [6, 6.07) is 0.557. The molecule has 1 heterocycles. The molecule has 0 radical (unpaired) electrons. The number of aromatic nitrogens is 2. The van der Waals surface area contributed by atoms with E-state index in [1.807, 2.05) is 10.8 Å². The lowest BCUT2D eigenvalue weighted by Crippen LogP contribution is -2.38. The van der Waals surface area contributed by atoms with Gasteiger partial charge in [-0.05, 0) is 19.3 Å². The topological polar surface area (TPSA) is 59.0 Å². The van der Waals surface area contributed by atoms with Crippen molar-refractivity contribution in [2.24, 2.45) is 0 Å². The molecule has 5 heteroatoms. The standard InChI is InChI=1S/C13H22N4O/c18-13(10-16-12-4-1-2-5-12)15-6-3-8-17-9-7-14-11-17/h7,9,11-12,16H,1-6,8,10H2,(H,15,18). The van der Waals surface area contributed by atoms with Gasteiger partial charge in [-0.25, -0.2) is 4.98 Å². The zero-order valence-electron chi connectivity index (χ0n) is 10.8. The maximum atomic E-state index is 11.6. The molecular weight excluding hydrogens is 228 g/mol. The highest BCUT2D eigenvalue weighted by atomic mass is 16.1. The van der Waals surface area contributed by atoms with Gasteiger partial charge in [-0.1, -0.05) is 12.8 Å². The van der Waals surface area contributed by atoms with E-state index in [2.05, 4.69) is 15.6 Å². The van der Waals surface area contributed by atoms with E-state index < -0.39 is 0 Å². The summed E-state index contributed by atoms with van der Waals surface area (Å²) in [5.74, 6) is 0.104. The molecule has 1 aliphatic rings. The van der Waals surface area contributed by atoms with E-state index in [0.29, 0.717) is 12.6 Å². The predicted molar refractivity (Wildman–Crippen MR) is 70.1 cm³/mol. The third kappa shape index (κ3) is 4.49. The minimum absolute atomic E-state index is 0.104. The van der Waals surface area contributed by atoms with Gasteiger partial charge in [0.25, 0.3) is 0 Å². The molecule has 0 spiro atoms. The number of hydrogen-bond donors (Lipinski definition) is 2. The van der Waals surface area contributed by atoms with Crippen LogP contribution in [0.15, 0.2) is 18.7 Å². The average molecular weight is 250 g/mol. The highest BCUT2D eigenvalue weighted by Gasteiger charge is 2.14. The van der Waals surface area contributed by atoms with Crippen molar-refractivity contribution in [3.05, 3.63) is 18.7 Å². The second-order valence-corrected chi connectivity index (χ2v) is 4.87. The molecule has 2 rings (SSSR count). The van der Waals surface area contributed by atoms with E-state index in [0.717, 1.165) is 19.5 Å². The number of hydrogen-bond acceptors (Lipinski definition) is 3. The van der Waals surface area contributed by atoms with Gasteiger partial charge in [-0.3, -0.25) is 4.79 Å². The minimum Gasteiger partial charge on any atom is -0.355 e. The number of carbonyl (C=O) groups is 1. The molecule has 1 aromatic heterocycles. The van der Waals surface area contributed by atoms with Crippen molar-refractivity contribution in [2.45, 2.75) is 44.7 Å². The summed E-state index contributed by atoms with van der Waals surface area (Å²) >= 11 is 0. The molecule has 18 heavy (non-hydrogen) atoms. The lowest BCUT2D eigenvalue weighted by atomic mass is 10.2. The van der Waals surface area contributed by atoms with Crippen LogP contribution >= 0.6 is 0 Å². The van der Waals surface area contributed by atoms with Crippen LogP contribution in [0.3, 0.4) is 0 Å². The zero-order valence-corrected chi connectivity index (χ0v) is 10.8. The van der Waals surface area contributed by atoms with Crippen molar-refractivity contribution in [3.8, 4) is 0 Å². The number of nitrogens with one attached hydrogen (secondary N) is 2. The highest BCUT2D eigenvalue weighted by Crippen LogP contribution is 2.17. The van der Waals surface area contributed by atoms with E-state index in [1.165, 1.54) is 25.7 Å². The molecule has 1 fully saturated rings. The van der Waals surface area contributed by atoms with Crippen molar-refractivity contribution < 1.29 is 4.79 Å². The summed E-state index contributed by atoms with van der Waals surface area (Å²) in [4.78, 5) is 15.5. The number of aryl methyl sites for hydroxylation is 1. The van der Waals surface area contributed by atoms with Gasteiger partial charge in [-0.2, -0.15) is 0 Å². The maximum Gasteiger partial charge on any atom is 0.233 e. The Labute approximate surface area is 108 Å². The van der Waals surface area contributed by atoms with Crippen LogP contribution in [0.25, 0.3) is 0 Å². The zero-order chi connectivity index (χ0) is 12.6. The van der Waals surface area contributed by atoms with Crippen LogP contribution in [0.1, 0.15) is 32.1 Å². The van der Waals surface area contributed by atoms with Gasteiger partial charge in [0.1, 0.15) is 0 Å². The molecule has 2 N–H and O–H groups in total. The highest BCUT2D eigenvalue weighted by molar-refractivity contribution is 5.77.